The van der Waals surface area contributed by atoms with E-state index in [4.69, 9.17) is 0 Å². The summed E-state index contributed by atoms with van der Waals surface area (Å²) in [5, 5.41) is 3.73. The highest BCUT2D eigenvalue weighted by molar-refractivity contribution is 7.98. The molecule has 1 rings (SSSR count). The number of hydrogen-bond donors (Lipinski definition) is 1. The van der Waals surface area contributed by atoms with Gasteiger partial charge in [0.1, 0.15) is 0 Å². The van der Waals surface area contributed by atoms with Crippen molar-refractivity contribution in [1.82, 2.24) is 10.2 Å². The lowest BCUT2D eigenvalue weighted by Gasteiger charge is -2.36. The van der Waals surface area contributed by atoms with Gasteiger partial charge >= 0.3 is 0 Å². The van der Waals surface area contributed by atoms with Crippen molar-refractivity contribution in [3.63, 3.8) is 0 Å². The standard InChI is InChI=1S/C15H32N2S/c1-6-9-15(3,11-16-14-7-8-14)12-17(4)13(2)10-18-5/h13-14,16H,6-12H2,1-5H3. The highest BCUT2D eigenvalue weighted by Gasteiger charge is 2.29. The molecule has 2 unspecified atom stereocenters. The van der Waals surface area contributed by atoms with E-state index in [1.165, 1.54) is 44.5 Å². The molecule has 2 atom stereocenters. The Balaban J connectivity index is 2.42. The lowest BCUT2D eigenvalue weighted by Crippen LogP contribution is -2.45. The van der Waals surface area contributed by atoms with Crippen LogP contribution in [0.15, 0.2) is 0 Å². The van der Waals surface area contributed by atoms with Crippen molar-refractivity contribution >= 4 is 11.8 Å². The van der Waals surface area contributed by atoms with Gasteiger partial charge < -0.3 is 10.2 Å². The molecule has 3 heteroatoms. The summed E-state index contributed by atoms with van der Waals surface area (Å²) in [6.07, 6.45) is 7.59. The van der Waals surface area contributed by atoms with Crippen LogP contribution in [-0.2, 0) is 0 Å². The van der Waals surface area contributed by atoms with Crippen molar-refractivity contribution in [2.24, 2.45) is 5.41 Å². The van der Waals surface area contributed by atoms with E-state index in [0.717, 1.165) is 6.04 Å². The SMILES string of the molecule is CCCC(C)(CNC1CC1)CN(C)C(C)CSC. The summed E-state index contributed by atoms with van der Waals surface area (Å²) in [6, 6.07) is 1.51. The second kappa shape index (κ2) is 7.76. The maximum Gasteiger partial charge on any atom is 0.0155 e. The van der Waals surface area contributed by atoms with Gasteiger partial charge in [-0.2, -0.15) is 11.8 Å². The smallest absolute Gasteiger partial charge is 0.0155 e. The summed E-state index contributed by atoms with van der Waals surface area (Å²) in [5.41, 5.74) is 0.429. The Hall–Kier alpha value is 0.270. The van der Waals surface area contributed by atoms with Gasteiger partial charge in [0.15, 0.2) is 0 Å². The first kappa shape index (κ1) is 16.3. The van der Waals surface area contributed by atoms with Crippen LogP contribution in [0, 0.1) is 5.41 Å². The Morgan fingerprint density at radius 2 is 2.11 bits per heavy atom. The van der Waals surface area contributed by atoms with Gasteiger partial charge in [0.05, 0.1) is 0 Å². The maximum absolute atomic E-state index is 3.73. The largest absolute Gasteiger partial charge is 0.313 e. The number of nitrogens with one attached hydrogen (secondary N) is 1. The van der Waals surface area contributed by atoms with E-state index in [1.54, 1.807) is 0 Å². The Bertz CT molecular complexity index is 231. The second-order valence-electron chi connectivity index (χ2n) is 6.44. The number of nitrogens with zero attached hydrogens (tertiary/aromatic N) is 1. The van der Waals surface area contributed by atoms with Crippen molar-refractivity contribution in [2.45, 2.75) is 58.5 Å². The Morgan fingerprint density at radius 1 is 1.44 bits per heavy atom. The zero-order valence-corrected chi connectivity index (χ0v) is 13.8. The van der Waals surface area contributed by atoms with Crippen LogP contribution < -0.4 is 5.32 Å². The first-order valence-electron chi connectivity index (χ1n) is 7.43. The predicted octanol–water partition coefficient (Wildman–Crippen LogP) is 3.23. The van der Waals surface area contributed by atoms with Crippen LogP contribution in [0.3, 0.4) is 0 Å². The van der Waals surface area contributed by atoms with Gasteiger partial charge in [0.2, 0.25) is 0 Å². The Labute approximate surface area is 118 Å². The maximum atomic E-state index is 3.73. The fourth-order valence-electron chi connectivity index (χ4n) is 2.63. The van der Waals surface area contributed by atoms with E-state index in [-0.39, 0.29) is 0 Å². The van der Waals surface area contributed by atoms with Gasteiger partial charge in [0, 0.05) is 30.9 Å². The highest BCUT2D eigenvalue weighted by Crippen LogP contribution is 2.27. The summed E-state index contributed by atoms with van der Waals surface area (Å²) in [4.78, 5) is 2.54. The van der Waals surface area contributed by atoms with E-state index in [9.17, 15) is 0 Å². The fraction of sp³-hybridized carbons (Fsp3) is 1.00. The molecular formula is C15H32N2S. The molecule has 1 fully saturated rings. The van der Waals surface area contributed by atoms with Crippen LogP contribution in [0.25, 0.3) is 0 Å². The van der Waals surface area contributed by atoms with Crippen molar-refractivity contribution in [3.8, 4) is 0 Å². The summed E-state index contributed by atoms with van der Waals surface area (Å²) in [6.45, 7) is 9.50. The lowest BCUT2D eigenvalue weighted by atomic mass is 9.84. The molecule has 0 amide bonds. The van der Waals surface area contributed by atoms with Crippen molar-refractivity contribution in [3.05, 3.63) is 0 Å². The zero-order chi connectivity index (χ0) is 13.6. The van der Waals surface area contributed by atoms with E-state index in [1.807, 2.05) is 11.8 Å². The van der Waals surface area contributed by atoms with E-state index < -0.39 is 0 Å². The molecule has 0 heterocycles. The molecule has 0 saturated heterocycles. The molecule has 1 aliphatic rings. The van der Waals surface area contributed by atoms with Gasteiger partial charge in [-0.1, -0.05) is 20.3 Å². The van der Waals surface area contributed by atoms with Crippen LogP contribution >= 0.6 is 11.8 Å². The Kier molecular flexibility index (Phi) is 7.04. The first-order valence-corrected chi connectivity index (χ1v) is 8.82. The monoisotopic (exact) mass is 272 g/mol. The fourth-order valence-corrected chi connectivity index (χ4v) is 3.37. The van der Waals surface area contributed by atoms with Gasteiger partial charge in [-0.15, -0.1) is 0 Å². The molecular weight excluding hydrogens is 240 g/mol. The topological polar surface area (TPSA) is 15.3 Å². The van der Waals surface area contributed by atoms with Crippen LogP contribution in [0.2, 0.25) is 0 Å². The zero-order valence-electron chi connectivity index (χ0n) is 13.0. The van der Waals surface area contributed by atoms with Crippen LogP contribution in [0.4, 0.5) is 0 Å². The van der Waals surface area contributed by atoms with Crippen molar-refractivity contribution in [1.29, 1.82) is 0 Å². The van der Waals surface area contributed by atoms with Gasteiger partial charge in [-0.3, -0.25) is 0 Å². The number of hydrogen-bond acceptors (Lipinski definition) is 3. The second-order valence-corrected chi connectivity index (χ2v) is 7.35. The lowest BCUT2D eigenvalue weighted by molar-refractivity contribution is 0.149. The van der Waals surface area contributed by atoms with E-state index in [2.05, 4.69) is 44.3 Å². The summed E-state index contributed by atoms with van der Waals surface area (Å²) < 4.78 is 0. The third-order valence-electron chi connectivity index (χ3n) is 4.04. The van der Waals surface area contributed by atoms with E-state index in [0.29, 0.717) is 11.5 Å². The normalized spacial score (nSPS) is 21.0. The average Bonchev–Trinajstić information content (AvgIpc) is 3.11. The third kappa shape index (κ3) is 5.94. The molecule has 18 heavy (non-hydrogen) atoms. The number of rotatable bonds is 10. The molecule has 1 N–H and O–H groups in total. The molecule has 2 nitrogen and oxygen atoms in total. The van der Waals surface area contributed by atoms with Crippen molar-refractivity contribution in [2.75, 3.05) is 32.1 Å². The van der Waals surface area contributed by atoms with Crippen LogP contribution in [-0.4, -0.2) is 49.1 Å². The van der Waals surface area contributed by atoms with Gasteiger partial charge in [-0.05, 0) is 44.9 Å². The quantitative estimate of drug-likeness (QED) is 0.657. The molecule has 0 aromatic heterocycles. The molecule has 0 aromatic rings. The summed E-state index contributed by atoms with van der Waals surface area (Å²) in [7, 11) is 2.28. The van der Waals surface area contributed by atoms with Crippen LogP contribution in [0.5, 0.6) is 0 Å². The first-order chi connectivity index (χ1) is 8.50. The molecule has 1 aliphatic carbocycles. The molecule has 108 valence electrons. The van der Waals surface area contributed by atoms with Crippen LogP contribution in [0.1, 0.15) is 46.5 Å². The minimum atomic E-state index is 0.429. The average molecular weight is 273 g/mol. The Morgan fingerprint density at radius 3 is 2.61 bits per heavy atom. The van der Waals surface area contributed by atoms with Gasteiger partial charge in [-0.25, -0.2) is 0 Å². The highest BCUT2D eigenvalue weighted by atomic mass is 32.2. The van der Waals surface area contributed by atoms with E-state index >= 15 is 0 Å². The van der Waals surface area contributed by atoms with Gasteiger partial charge in [0.25, 0.3) is 0 Å². The predicted molar refractivity (Wildman–Crippen MR) is 84.5 cm³/mol. The summed E-state index contributed by atoms with van der Waals surface area (Å²) in [5.74, 6) is 1.23. The molecule has 0 bridgehead atoms. The third-order valence-corrected chi connectivity index (χ3v) is 4.86. The molecule has 0 spiro atoms. The molecule has 1 saturated carbocycles. The van der Waals surface area contributed by atoms with Crippen molar-refractivity contribution < 1.29 is 0 Å². The number of thioether (sulfide) groups is 1. The summed E-state index contributed by atoms with van der Waals surface area (Å²) >= 11 is 1.95. The minimum absolute atomic E-state index is 0.429. The molecule has 0 aromatic carbocycles. The molecule has 0 radical (unpaired) electrons. The molecule has 0 aliphatic heterocycles. The minimum Gasteiger partial charge on any atom is -0.313 e.